The van der Waals surface area contributed by atoms with Crippen molar-refractivity contribution in [3.05, 3.63) is 28.5 Å². The summed E-state index contributed by atoms with van der Waals surface area (Å²) in [5.41, 5.74) is -0.421. The summed E-state index contributed by atoms with van der Waals surface area (Å²) in [5.74, 6) is -1.07. The van der Waals surface area contributed by atoms with Crippen LogP contribution in [0.4, 0.5) is 9.18 Å². The minimum atomic E-state index is -1.25. The molecule has 2 N–H and O–H groups in total. The molecule has 0 spiro atoms. The largest absolute Gasteiger partial charge is 0.496 e. The van der Waals surface area contributed by atoms with Gasteiger partial charge in [-0.15, -0.1) is 0 Å². The SMILES string of the molecule is COC[C@]1(C[C@H](C)C(=O)N2CCC(c3cc(Cl)c(F)cc3OC)CC2)NC(=O)NC1=O. The van der Waals surface area contributed by atoms with Gasteiger partial charge >= 0.3 is 6.03 Å². The number of carbonyl (C=O) groups is 3. The highest BCUT2D eigenvalue weighted by Crippen LogP contribution is 2.37. The zero-order chi connectivity index (χ0) is 22.8. The predicted octanol–water partition coefficient (Wildman–Crippen LogP) is 2.44. The van der Waals surface area contributed by atoms with E-state index in [4.69, 9.17) is 21.1 Å². The maximum Gasteiger partial charge on any atom is 0.322 e. The summed E-state index contributed by atoms with van der Waals surface area (Å²) in [6, 6.07) is 2.29. The Kier molecular flexibility index (Phi) is 7.06. The molecule has 2 atom stereocenters. The van der Waals surface area contributed by atoms with E-state index in [9.17, 15) is 18.8 Å². The summed E-state index contributed by atoms with van der Waals surface area (Å²) < 4.78 is 24.2. The van der Waals surface area contributed by atoms with Crippen LogP contribution in [0.3, 0.4) is 0 Å². The lowest BCUT2D eigenvalue weighted by Gasteiger charge is -2.36. The van der Waals surface area contributed by atoms with Gasteiger partial charge in [0.2, 0.25) is 5.91 Å². The minimum absolute atomic E-state index is 0.0185. The molecule has 10 heteroatoms. The monoisotopic (exact) mass is 455 g/mol. The highest BCUT2D eigenvalue weighted by molar-refractivity contribution is 6.30. The third-order valence-corrected chi connectivity index (χ3v) is 6.29. The lowest BCUT2D eigenvalue weighted by molar-refractivity contribution is -0.138. The van der Waals surface area contributed by atoms with Crippen LogP contribution >= 0.6 is 11.6 Å². The number of methoxy groups -OCH3 is 2. The van der Waals surface area contributed by atoms with Crippen LogP contribution in [-0.4, -0.2) is 62.2 Å². The molecule has 1 aromatic carbocycles. The molecule has 0 aromatic heterocycles. The normalized spacial score (nSPS) is 22.8. The number of likely N-dealkylation sites (tertiary alicyclic amines) is 1. The van der Waals surface area contributed by atoms with Gasteiger partial charge in [0, 0.05) is 32.2 Å². The number of ether oxygens (including phenoxy) is 2. The fourth-order valence-corrected chi connectivity index (χ4v) is 4.62. The molecule has 4 amide bonds. The number of urea groups is 1. The summed E-state index contributed by atoms with van der Waals surface area (Å²) in [7, 11) is 2.92. The molecule has 0 aliphatic carbocycles. The van der Waals surface area contributed by atoms with Crippen LogP contribution in [0.5, 0.6) is 5.75 Å². The molecule has 0 bridgehead atoms. The maximum atomic E-state index is 13.7. The molecule has 2 fully saturated rings. The van der Waals surface area contributed by atoms with Crippen molar-refractivity contribution in [1.29, 1.82) is 0 Å². The third-order valence-electron chi connectivity index (χ3n) is 6.00. The Balaban J connectivity index is 1.64. The Morgan fingerprint density at radius 2 is 2.00 bits per heavy atom. The smallest absolute Gasteiger partial charge is 0.322 e. The first-order valence-corrected chi connectivity index (χ1v) is 10.5. The van der Waals surface area contributed by atoms with Crippen molar-refractivity contribution in [1.82, 2.24) is 15.5 Å². The number of benzene rings is 1. The number of hydrogen-bond acceptors (Lipinski definition) is 5. The van der Waals surface area contributed by atoms with Gasteiger partial charge < -0.3 is 19.7 Å². The first-order chi connectivity index (χ1) is 14.7. The Labute approximate surface area is 185 Å². The van der Waals surface area contributed by atoms with Gasteiger partial charge in [0.15, 0.2) is 0 Å². The molecular weight excluding hydrogens is 429 g/mol. The van der Waals surface area contributed by atoms with Crippen molar-refractivity contribution >= 4 is 29.4 Å². The average molecular weight is 456 g/mol. The number of imide groups is 1. The number of halogens is 2. The van der Waals surface area contributed by atoms with Gasteiger partial charge in [-0.25, -0.2) is 9.18 Å². The zero-order valence-corrected chi connectivity index (χ0v) is 18.6. The second-order valence-electron chi connectivity index (χ2n) is 8.14. The van der Waals surface area contributed by atoms with E-state index in [-0.39, 0.29) is 29.9 Å². The van der Waals surface area contributed by atoms with Gasteiger partial charge in [-0.1, -0.05) is 18.5 Å². The summed E-state index contributed by atoms with van der Waals surface area (Å²) in [6.07, 6.45) is 1.49. The fourth-order valence-electron chi connectivity index (χ4n) is 4.45. The first-order valence-electron chi connectivity index (χ1n) is 10.1. The number of nitrogens with one attached hydrogen (secondary N) is 2. The number of carbonyl (C=O) groups excluding carboxylic acids is 3. The Bertz CT molecular complexity index is 875. The van der Waals surface area contributed by atoms with Crippen molar-refractivity contribution in [3.63, 3.8) is 0 Å². The Hall–Kier alpha value is -2.39. The van der Waals surface area contributed by atoms with Crippen molar-refractivity contribution in [2.75, 3.05) is 33.9 Å². The number of amides is 4. The Morgan fingerprint density at radius 1 is 1.32 bits per heavy atom. The predicted molar refractivity (Wildman–Crippen MR) is 112 cm³/mol. The first kappa shape index (κ1) is 23.3. The van der Waals surface area contributed by atoms with Gasteiger partial charge in [0.05, 0.1) is 18.7 Å². The molecule has 8 nitrogen and oxygen atoms in total. The van der Waals surface area contributed by atoms with Crippen molar-refractivity contribution < 1.29 is 28.2 Å². The summed E-state index contributed by atoms with van der Waals surface area (Å²) in [6.45, 7) is 2.76. The van der Waals surface area contributed by atoms with E-state index < -0.39 is 29.2 Å². The van der Waals surface area contributed by atoms with E-state index in [0.29, 0.717) is 31.7 Å². The average Bonchev–Trinajstić information content (AvgIpc) is 3.01. The van der Waals surface area contributed by atoms with Gasteiger partial charge in [-0.2, -0.15) is 0 Å². The van der Waals surface area contributed by atoms with Crippen LogP contribution in [0.1, 0.15) is 37.7 Å². The molecule has 1 aromatic rings. The zero-order valence-electron chi connectivity index (χ0n) is 17.8. The molecule has 2 saturated heterocycles. The van der Waals surface area contributed by atoms with Gasteiger partial charge in [0.1, 0.15) is 17.1 Å². The molecule has 170 valence electrons. The second kappa shape index (κ2) is 9.40. The molecular formula is C21H27ClFN3O5. The van der Waals surface area contributed by atoms with Crippen molar-refractivity contribution in [2.24, 2.45) is 5.92 Å². The van der Waals surface area contributed by atoms with E-state index in [1.165, 1.54) is 20.3 Å². The van der Waals surface area contributed by atoms with Crippen molar-refractivity contribution in [3.8, 4) is 5.75 Å². The second-order valence-corrected chi connectivity index (χ2v) is 8.54. The summed E-state index contributed by atoms with van der Waals surface area (Å²) >= 11 is 5.96. The molecule has 0 unspecified atom stereocenters. The lowest BCUT2D eigenvalue weighted by atomic mass is 9.86. The molecule has 2 aliphatic rings. The topological polar surface area (TPSA) is 97.0 Å². The molecule has 2 aliphatic heterocycles. The van der Waals surface area contributed by atoms with Crippen LogP contribution in [0.15, 0.2) is 12.1 Å². The van der Waals surface area contributed by atoms with Gasteiger partial charge in [-0.05, 0) is 36.8 Å². The lowest BCUT2D eigenvalue weighted by Crippen LogP contribution is -2.53. The van der Waals surface area contributed by atoms with E-state index in [1.807, 2.05) is 0 Å². The molecule has 31 heavy (non-hydrogen) atoms. The van der Waals surface area contributed by atoms with Gasteiger partial charge in [0.25, 0.3) is 5.91 Å². The molecule has 2 heterocycles. The van der Waals surface area contributed by atoms with E-state index >= 15 is 0 Å². The highest BCUT2D eigenvalue weighted by Gasteiger charge is 2.48. The number of nitrogens with zero attached hydrogens (tertiary/aromatic N) is 1. The van der Waals surface area contributed by atoms with Crippen LogP contribution in [-0.2, 0) is 14.3 Å². The molecule has 0 saturated carbocycles. The van der Waals surface area contributed by atoms with Crippen LogP contribution in [0, 0.1) is 11.7 Å². The maximum absolute atomic E-state index is 13.7. The summed E-state index contributed by atoms with van der Waals surface area (Å²) in [4.78, 5) is 38.7. The van der Waals surface area contributed by atoms with Crippen LogP contribution in [0.2, 0.25) is 5.02 Å². The highest BCUT2D eigenvalue weighted by atomic mass is 35.5. The van der Waals surface area contributed by atoms with Gasteiger partial charge in [-0.3, -0.25) is 14.9 Å². The number of piperidine rings is 1. The number of rotatable bonds is 7. The van der Waals surface area contributed by atoms with Crippen LogP contribution in [0.25, 0.3) is 0 Å². The van der Waals surface area contributed by atoms with E-state index in [1.54, 1.807) is 17.9 Å². The van der Waals surface area contributed by atoms with E-state index in [0.717, 1.165) is 5.56 Å². The van der Waals surface area contributed by atoms with E-state index in [2.05, 4.69) is 10.6 Å². The quantitative estimate of drug-likeness (QED) is 0.615. The summed E-state index contributed by atoms with van der Waals surface area (Å²) in [5, 5.41) is 4.87. The third kappa shape index (κ3) is 4.77. The number of hydrogen-bond donors (Lipinski definition) is 2. The molecule has 0 radical (unpaired) electrons. The Morgan fingerprint density at radius 3 is 2.55 bits per heavy atom. The minimum Gasteiger partial charge on any atom is -0.496 e. The fraction of sp³-hybridized carbons (Fsp3) is 0.571. The van der Waals surface area contributed by atoms with Crippen molar-refractivity contribution in [2.45, 2.75) is 37.6 Å². The van der Waals surface area contributed by atoms with Crippen LogP contribution < -0.4 is 15.4 Å². The molecule has 3 rings (SSSR count). The standard InChI is InChI=1S/C21H27ClFN3O5/c1-12(10-21(11-30-2)19(28)24-20(29)25-21)18(27)26-6-4-13(5-7-26)14-8-15(22)16(23)9-17(14)31-3/h8-9,12-13H,4-7,10-11H2,1-3H3,(H2,24,25,28,29)/t12-,21-/m0/s1.